The van der Waals surface area contributed by atoms with Crippen molar-refractivity contribution in [2.75, 3.05) is 20.1 Å². The smallest absolute Gasteiger partial charge is 0.410 e. The van der Waals surface area contributed by atoms with Crippen LogP contribution in [-0.4, -0.2) is 59.9 Å². The third kappa shape index (κ3) is 11.4. The highest BCUT2D eigenvalue weighted by atomic mass is 32.1. The SMILES string of the molecule is C=C1CCC(C=O)N1C(=O)/C(=C\C)NCCCC1=CCCC=C1.CC.CNCc1cc2c(s1)CCN(C(=O)OC(C)(C)C)C2. The highest BCUT2D eigenvalue weighted by Gasteiger charge is 2.33. The van der Waals surface area contributed by atoms with Gasteiger partial charge in [-0.15, -0.1) is 11.3 Å². The maximum atomic E-state index is 12.6. The van der Waals surface area contributed by atoms with Gasteiger partial charge in [-0.2, -0.15) is 0 Å². The van der Waals surface area contributed by atoms with Crippen molar-refractivity contribution >= 4 is 29.6 Å². The van der Waals surface area contributed by atoms with Crippen molar-refractivity contribution in [2.24, 2.45) is 0 Å². The van der Waals surface area contributed by atoms with Crippen LogP contribution in [-0.2, 0) is 33.8 Å². The summed E-state index contributed by atoms with van der Waals surface area (Å²) in [6.45, 7) is 18.5. The zero-order chi connectivity index (χ0) is 32.7. The number of allylic oxidation sites excluding steroid dienone is 6. The average Bonchev–Trinajstić information content (AvgIpc) is 3.60. The van der Waals surface area contributed by atoms with E-state index < -0.39 is 5.60 Å². The predicted octanol–water partition coefficient (Wildman–Crippen LogP) is 7.03. The van der Waals surface area contributed by atoms with Gasteiger partial charge in [0, 0.05) is 35.1 Å². The van der Waals surface area contributed by atoms with E-state index in [0.717, 1.165) is 63.7 Å². The molecular formula is C35H54N4O4S. The quantitative estimate of drug-likeness (QED) is 0.174. The Labute approximate surface area is 269 Å². The number of fused-ring (bicyclic) bond motifs is 1. The molecule has 2 amide bonds. The van der Waals surface area contributed by atoms with Crippen molar-refractivity contribution in [2.45, 2.75) is 111 Å². The van der Waals surface area contributed by atoms with E-state index in [4.69, 9.17) is 4.74 Å². The number of aldehydes is 1. The molecule has 0 bridgehead atoms. The zero-order valence-electron chi connectivity index (χ0n) is 28.0. The average molecular weight is 627 g/mol. The Morgan fingerprint density at radius 3 is 2.57 bits per heavy atom. The third-order valence-corrected chi connectivity index (χ3v) is 8.48. The van der Waals surface area contributed by atoms with Gasteiger partial charge in [-0.1, -0.05) is 50.3 Å². The van der Waals surface area contributed by atoms with Crippen molar-refractivity contribution in [3.05, 3.63) is 69.2 Å². The number of nitrogens with zero attached hydrogens (tertiary/aromatic N) is 2. The molecule has 2 aliphatic heterocycles. The van der Waals surface area contributed by atoms with Crippen molar-refractivity contribution < 1.29 is 19.1 Å². The normalized spacial score (nSPS) is 17.9. The number of carbonyl (C=O) groups is 3. The monoisotopic (exact) mass is 626 g/mol. The molecule has 9 heteroatoms. The molecule has 1 aliphatic carbocycles. The minimum Gasteiger partial charge on any atom is -0.444 e. The third-order valence-electron chi connectivity index (χ3n) is 7.25. The van der Waals surface area contributed by atoms with E-state index in [9.17, 15) is 14.4 Å². The van der Waals surface area contributed by atoms with E-state index in [1.165, 1.54) is 25.8 Å². The number of hydrogen-bond acceptors (Lipinski definition) is 7. The highest BCUT2D eigenvalue weighted by Crippen LogP contribution is 2.29. The first-order valence-electron chi connectivity index (χ1n) is 16.0. The van der Waals surface area contributed by atoms with E-state index in [-0.39, 0.29) is 18.0 Å². The van der Waals surface area contributed by atoms with Gasteiger partial charge in [0.1, 0.15) is 11.9 Å². The van der Waals surface area contributed by atoms with Crippen LogP contribution in [0.5, 0.6) is 0 Å². The second kappa shape index (κ2) is 18.6. The molecule has 1 saturated heterocycles. The molecule has 244 valence electrons. The Bertz CT molecular complexity index is 1210. The predicted molar refractivity (Wildman–Crippen MR) is 181 cm³/mol. The Morgan fingerprint density at radius 1 is 1.20 bits per heavy atom. The van der Waals surface area contributed by atoms with Gasteiger partial charge >= 0.3 is 6.09 Å². The van der Waals surface area contributed by atoms with Crippen LogP contribution in [0.25, 0.3) is 0 Å². The summed E-state index contributed by atoms with van der Waals surface area (Å²) < 4.78 is 5.42. The fourth-order valence-electron chi connectivity index (χ4n) is 5.16. The molecule has 3 heterocycles. The minimum absolute atomic E-state index is 0.149. The molecule has 4 rings (SSSR count). The molecule has 44 heavy (non-hydrogen) atoms. The Morgan fingerprint density at radius 2 is 1.95 bits per heavy atom. The molecule has 0 aromatic carbocycles. The molecule has 3 aliphatic rings. The van der Waals surface area contributed by atoms with Gasteiger partial charge < -0.3 is 30.0 Å². The van der Waals surface area contributed by atoms with Crippen LogP contribution in [0.15, 0.2) is 53.9 Å². The van der Waals surface area contributed by atoms with Gasteiger partial charge in [0.2, 0.25) is 0 Å². The van der Waals surface area contributed by atoms with Crippen LogP contribution in [0.2, 0.25) is 0 Å². The summed E-state index contributed by atoms with van der Waals surface area (Å²) >= 11 is 1.85. The second-order valence-corrected chi connectivity index (χ2v) is 13.0. The number of ether oxygens (including phenoxy) is 1. The van der Waals surface area contributed by atoms with E-state index in [2.05, 4.69) is 41.5 Å². The lowest BCUT2D eigenvalue weighted by molar-refractivity contribution is -0.129. The molecule has 0 radical (unpaired) electrons. The zero-order valence-corrected chi connectivity index (χ0v) is 28.8. The van der Waals surface area contributed by atoms with E-state index in [1.807, 2.05) is 59.9 Å². The Balaban J connectivity index is 0.000000295. The van der Waals surface area contributed by atoms with E-state index in [1.54, 1.807) is 11.0 Å². The largest absolute Gasteiger partial charge is 0.444 e. The molecule has 1 atom stereocenters. The summed E-state index contributed by atoms with van der Waals surface area (Å²) in [6.07, 6.45) is 15.6. The van der Waals surface area contributed by atoms with Gasteiger partial charge in [0.05, 0.1) is 18.3 Å². The standard InChI is InChI=1S/C19H26N2O2.C14H22N2O2S.C2H6/c1-3-18(19(23)21-15(2)11-12-17(21)14-22)20-13-7-10-16-8-5-4-6-9-16;1-14(2,3)18-13(17)16-6-5-12-10(9-16)7-11(19-12)8-15-4;1-2/h3,5,8-9,14,17,20H,2,4,6-7,10-13H2,1H3;7,15H,5-6,8-9H2,1-4H3;1-2H3/b18-3+;;. The first-order valence-corrected chi connectivity index (χ1v) is 16.8. The molecule has 2 N–H and O–H groups in total. The number of carbonyl (C=O) groups excluding carboxylic acids is 3. The molecule has 0 saturated carbocycles. The summed E-state index contributed by atoms with van der Waals surface area (Å²) in [4.78, 5) is 41.8. The van der Waals surface area contributed by atoms with Crippen LogP contribution >= 0.6 is 11.3 Å². The van der Waals surface area contributed by atoms with Gasteiger partial charge in [-0.05, 0) is 91.3 Å². The van der Waals surface area contributed by atoms with Crippen molar-refractivity contribution in [1.82, 2.24) is 20.4 Å². The van der Waals surface area contributed by atoms with Crippen LogP contribution in [0, 0.1) is 0 Å². The first kappa shape index (κ1) is 37.0. The van der Waals surface area contributed by atoms with Crippen LogP contribution < -0.4 is 10.6 Å². The number of thiophene rings is 1. The van der Waals surface area contributed by atoms with E-state index >= 15 is 0 Å². The molecule has 1 aromatic rings. The number of nitrogens with one attached hydrogen (secondary N) is 2. The lowest BCUT2D eigenvalue weighted by atomic mass is 10.0. The molecule has 1 aromatic heterocycles. The van der Waals surface area contributed by atoms with Crippen molar-refractivity contribution in [1.29, 1.82) is 0 Å². The first-order chi connectivity index (χ1) is 21.1. The van der Waals surface area contributed by atoms with Crippen molar-refractivity contribution in [3.63, 3.8) is 0 Å². The Kier molecular flexibility index (Phi) is 15.6. The lowest BCUT2D eigenvalue weighted by Gasteiger charge is -2.29. The van der Waals surface area contributed by atoms with Crippen molar-refractivity contribution in [3.8, 4) is 0 Å². The highest BCUT2D eigenvalue weighted by molar-refractivity contribution is 7.12. The Hall–Kier alpha value is -3.17. The lowest BCUT2D eigenvalue weighted by Crippen LogP contribution is -2.39. The van der Waals surface area contributed by atoms with Gasteiger partial charge in [-0.25, -0.2) is 4.79 Å². The fraction of sp³-hybridized carbons (Fsp3) is 0.571. The summed E-state index contributed by atoms with van der Waals surface area (Å²) in [5, 5.41) is 6.38. The molecule has 8 nitrogen and oxygen atoms in total. The summed E-state index contributed by atoms with van der Waals surface area (Å²) in [5.74, 6) is -0.149. The molecule has 1 unspecified atom stereocenters. The number of likely N-dealkylation sites (tertiary alicyclic amines) is 1. The second-order valence-electron chi connectivity index (χ2n) is 11.8. The van der Waals surface area contributed by atoms with Gasteiger partial charge in [-0.3, -0.25) is 4.79 Å². The minimum atomic E-state index is -0.427. The van der Waals surface area contributed by atoms with Crippen LogP contribution in [0.3, 0.4) is 0 Å². The van der Waals surface area contributed by atoms with Crippen LogP contribution in [0.1, 0.15) is 95.4 Å². The topological polar surface area (TPSA) is 91.0 Å². The van der Waals surface area contributed by atoms with Gasteiger partial charge in [0.15, 0.2) is 0 Å². The number of hydrogen-bond donors (Lipinski definition) is 2. The summed E-state index contributed by atoms with van der Waals surface area (Å²) in [5.41, 5.74) is 3.50. The molecule has 1 fully saturated rings. The summed E-state index contributed by atoms with van der Waals surface area (Å²) in [7, 11) is 1.95. The van der Waals surface area contributed by atoms with Gasteiger partial charge in [0.25, 0.3) is 5.91 Å². The van der Waals surface area contributed by atoms with E-state index in [0.29, 0.717) is 25.1 Å². The number of amides is 2. The maximum Gasteiger partial charge on any atom is 0.410 e. The maximum absolute atomic E-state index is 12.6. The molecule has 0 spiro atoms. The fourth-order valence-corrected chi connectivity index (χ4v) is 6.34. The summed E-state index contributed by atoms with van der Waals surface area (Å²) in [6, 6.07) is 1.83. The van der Waals surface area contributed by atoms with Crippen LogP contribution in [0.4, 0.5) is 4.79 Å². The number of rotatable bonds is 9. The molecular weight excluding hydrogens is 572 g/mol.